The van der Waals surface area contributed by atoms with Gasteiger partial charge in [0.1, 0.15) is 0 Å². The van der Waals surface area contributed by atoms with E-state index in [1.165, 1.54) is 54.6 Å². The van der Waals surface area contributed by atoms with Crippen molar-refractivity contribution in [1.29, 1.82) is 0 Å². The van der Waals surface area contributed by atoms with Crippen molar-refractivity contribution in [3.63, 3.8) is 0 Å². The summed E-state index contributed by atoms with van der Waals surface area (Å²) in [4.78, 5) is 5.17. The topological polar surface area (TPSA) is 12.4 Å². The first-order valence-corrected chi connectivity index (χ1v) is 12.3. The maximum absolute atomic E-state index is 5.17. The van der Waals surface area contributed by atoms with E-state index < -0.39 is 0 Å². The quantitative estimate of drug-likeness (QED) is 0.240. The summed E-state index contributed by atoms with van der Waals surface area (Å²) in [5.41, 5.74) is 7.27. The highest BCUT2D eigenvalue weighted by Crippen LogP contribution is 2.41. The van der Waals surface area contributed by atoms with Crippen LogP contribution in [0.15, 0.2) is 126 Å². The summed E-state index contributed by atoms with van der Waals surface area (Å²) in [6.07, 6.45) is 12.1. The average molecular weight is 448 g/mol. The van der Waals surface area contributed by atoms with Gasteiger partial charge in [-0.15, -0.1) is 0 Å². The standard InChI is InChI=1S/C34H25N/c1-22-14-15-25-21-26(17-16-24(25)20-22)33-27-9-3-5-11-29(27)34(30-12-6-4-10-28(30)33)32-19-18-23-8-2-7-13-31(23)35-32/h2-7,9-21,23H,8H2,1H3. The molecule has 0 bridgehead atoms. The number of allylic oxidation sites excluding steroid dienone is 5. The molecule has 0 N–H and O–H groups in total. The zero-order valence-corrected chi connectivity index (χ0v) is 19.7. The third-order valence-corrected chi connectivity index (χ3v) is 7.38. The van der Waals surface area contributed by atoms with Crippen LogP contribution < -0.4 is 0 Å². The van der Waals surface area contributed by atoms with Crippen LogP contribution in [0.4, 0.5) is 0 Å². The lowest BCUT2D eigenvalue weighted by Crippen LogP contribution is -2.11. The summed E-state index contributed by atoms with van der Waals surface area (Å²) < 4.78 is 0. The van der Waals surface area contributed by atoms with Crippen LogP contribution in [0, 0.1) is 12.8 Å². The lowest BCUT2D eigenvalue weighted by atomic mass is 9.85. The van der Waals surface area contributed by atoms with Crippen LogP contribution in [0.3, 0.4) is 0 Å². The molecule has 0 aromatic heterocycles. The van der Waals surface area contributed by atoms with Gasteiger partial charge in [-0.05, 0) is 75.0 Å². The first-order chi connectivity index (χ1) is 17.3. The van der Waals surface area contributed by atoms with Crippen molar-refractivity contribution in [2.45, 2.75) is 13.3 Å². The lowest BCUT2D eigenvalue weighted by Gasteiger charge is -2.22. The van der Waals surface area contributed by atoms with Gasteiger partial charge in [0.2, 0.25) is 0 Å². The number of fused-ring (bicyclic) bond motifs is 4. The Bertz CT molecular complexity index is 1720. The van der Waals surface area contributed by atoms with E-state index in [2.05, 4.69) is 122 Å². The van der Waals surface area contributed by atoms with Gasteiger partial charge in [-0.1, -0.05) is 103 Å². The number of aliphatic imine (C=N–C) groups is 1. The fraction of sp³-hybridized carbons (Fsp3) is 0.0882. The second-order valence-electron chi connectivity index (χ2n) is 9.62. The van der Waals surface area contributed by atoms with Crippen molar-refractivity contribution < 1.29 is 0 Å². The first kappa shape index (κ1) is 20.2. The molecule has 1 unspecified atom stereocenters. The average Bonchev–Trinajstić information content (AvgIpc) is 2.91. The van der Waals surface area contributed by atoms with Gasteiger partial charge in [0, 0.05) is 17.2 Å². The van der Waals surface area contributed by atoms with E-state index in [0.717, 1.165) is 17.8 Å². The van der Waals surface area contributed by atoms with Crippen molar-refractivity contribution in [2.24, 2.45) is 10.9 Å². The molecular formula is C34H25N. The molecule has 0 fully saturated rings. The number of nitrogens with zero attached hydrogens (tertiary/aromatic N) is 1. The molecule has 5 aromatic carbocycles. The molecule has 1 atom stereocenters. The van der Waals surface area contributed by atoms with E-state index in [0.29, 0.717) is 5.92 Å². The third kappa shape index (κ3) is 3.27. The van der Waals surface area contributed by atoms with Gasteiger partial charge in [-0.25, -0.2) is 0 Å². The summed E-state index contributed by atoms with van der Waals surface area (Å²) >= 11 is 0. The van der Waals surface area contributed by atoms with Gasteiger partial charge >= 0.3 is 0 Å². The molecule has 5 aromatic rings. The molecule has 0 amide bonds. The summed E-state index contributed by atoms with van der Waals surface area (Å²) in [7, 11) is 0. The van der Waals surface area contributed by atoms with Crippen LogP contribution >= 0.6 is 0 Å². The molecule has 1 nitrogen and oxygen atoms in total. The highest BCUT2D eigenvalue weighted by atomic mass is 14.8. The van der Waals surface area contributed by atoms with Gasteiger partial charge in [0.25, 0.3) is 0 Å². The minimum Gasteiger partial charge on any atom is -0.252 e. The van der Waals surface area contributed by atoms with E-state index in [9.17, 15) is 0 Å². The van der Waals surface area contributed by atoms with Crippen LogP contribution in [0.1, 0.15) is 17.5 Å². The Morgan fingerprint density at radius 2 is 1.37 bits per heavy atom. The van der Waals surface area contributed by atoms with Gasteiger partial charge in [0.15, 0.2) is 0 Å². The lowest BCUT2D eigenvalue weighted by molar-refractivity contribution is 0.749. The maximum atomic E-state index is 5.17. The SMILES string of the molecule is Cc1ccc2cc(-c3c4ccccc4c(C4=NC5=CC=CCC5C=C4)c4ccccc34)ccc2c1. The molecular weight excluding hydrogens is 422 g/mol. The molecule has 0 saturated carbocycles. The molecule has 1 heteroatoms. The van der Waals surface area contributed by atoms with Gasteiger partial charge in [0.05, 0.1) is 5.71 Å². The molecule has 1 aliphatic heterocycles. The summed E-state index contributed by atoms with van der Waals surface area (Å²) in [5.74, 6) is 0.391. The predicted molar refractivity (Wildman–Crippen MR) is 150 cm³/mol. The molecule has 7 rings (SSSR count). The van der Waals surface area contributed by atoms with Crippen molar-refractivity contribution >= 4 is 38.0 Å². The van der Waals surface area contributed by atoms with Crippen LogP contribution in [0.5, 0.6) is 0 Å². The second-order valence-corrected chi connectivity index (χ2v) is 9.62. The normalized spacial score (nSPS) is 17.0. The molecule has 2 aliphatic rings. The van der Waals surface area contributed by atoms with E-state index in [4.69, 9.17) is 4.99 Å². The Morgan fingerprint density at radius 3 is 2.11 bits per heavy atom. The summed E-state index contributed by atoms with van der Waals surface area (Å²) in [6, 6.07) is 31.2. The number of benzene rings is 5. The Morgan fingerprint density at radius 1 is 0.714 bits per heavy atom. The molecule has 0 spiro atoms. The Hall–Kier alpha value is -4.23. The van der Waals surface area contributed by atoms with Crippen molar-refractivity contribution in [3.8, 4) is 11.1 Å². The second kappa shape index (κ2) is 7.92. The molecule has 166 valence electrons. The Kier molecular flexibility index (Phi) is 4.57. The monoisotopic (exact) mass is 447 g/mol. The fourth-order valence-corrected chi connectivity index (χ4v) is 5.69. The molecule has 1 aliphatic carbocycles. The van der Waals surface area contributed by atoms with E-state index in [1.54, 1.807) is 0 Å². The van der Waals surface area contributed by atoms with Crippen LogP contribution in [-0.2, 0) is 0 Å². The predicted octanol–water partition coefficient (Wildman–Crippen LogP) is 8.94. The third-order valence-electron chi connectivity index (χ3n) is 7.38. The number of aryl methyl sites for hydroxylation is 1. The zero-order valence-electron chi connectivity index (χ0n) is 19.7. The number of hydrogen-bond donors (Lipinski definition) is 0. The molecule has 0 radical (unpaired) electrons. The van der Waals surface area contributed by atoms with Crippen molar-refractivity contribution in [1.82, 2.24) is 0 Å². The number of hydrogen-bond acceptors (Lipinski definition) is 1. The van der Waals surface area contributed by atoms with Crippen LogP contribution in [0.2, 0.25) is 0 Å². The summed E-state index contributed by atoms with van der Waals surface area (Å²) in [6.45, 7) is 2.15. The van der Waals surface area contributed by atoms with Gasteiger partial charge in [-0.2, -0.15) is 0 Å². The zero-order chi connectivity index (χ0) is 23.4. The maximum Gasteiger partial charge on any atom is 0.0715 e. The number of dihydropyridines is 1. The smallest absolute Gasteiger partial charge is 0.0715 e. The highest BCUT2D eigenvalue weighted by molar-refractivity contribution is 6.29. The number of rotatable bonds is 2. The van der Waals surface area contributed by atoms with Gasteiger partial charge < -0.3 is 0 Å². The van der Waals surface area contributed by atoms with Crippen molar-refractivity contribution in [2.75, 3.05) is 0 Å². The minimum atomic E-state index is 0.391. The first-order valence-electron chi connectivity index (χ1n) is 12.3. The van der Waals surface area contributed by atoms with Crippen molar-refractivity contribution in [3.05, 3.63) is 132 Å². The minimum absolute atomic E-state index is 0.391. The van der Waals surface area contributed by atoms with E-state index in [1.807, 2.05) is 0 Å². The highest BCUT2D eigenvalue weighted by Gasteiger charge is 2.22. The van der Waals surface area contributed by atoms with Crippen LogP contribution in [-0.4, -0.2) is 5.71 Å². The Balaban J connectivity index is 1.55. The van der Waals surface area contributed by atoms with E-state index >= 15 is 0 Å². The van der Waals surface area contributed by atoms with E-state index in [-0.39, 0.29) is 0 Å². The molecule has 0 saturated heterocycles. The largest absolute Gasteiger partial charge is 0.252 e. The fourth-order valence-electron chi connectivity index (χ4n) is 5.69. The Labute approximate surface area is 205 Å². The molecule has 35 heavy (non-hydrogen) atoms. The molecule has 1 heterocycles. The van der Waals surface area contributed by atoms with Gasteiger partial charge in [-0.3, -0.25) is 4.99 Å². The summed E-state index contributed by atoms with van der Waals surface area (Å²) in [5, 5.41) is 7.59. The van der Waals surface area contributed by atoms with Crippen LogP contribution in [0.25, 0.3) is 43.4 Å².